The van der Waals surface area contributed by atoms with Crippen LogP contribution in [0, 0.1) is 0 Å². The van der Waals surface area contributed by atoms with E-state index < -0.39 is 0 Å². The molecule has 1 fully saturated rings. The number of hydrogen-bond acceptors (Lipinski definition) is 6. The van der Waals surface area contributed by atoms with Crippen LogP contribution in [0.3, 0.4) is 0 Å². The van der Waals surface area contributed by atoms with Crippen molar-refractivity contribution in [1.82, 2.24) is 9.80 Å². The average Bonchev–Trinajstić information content (AvgIpc) is 2.75. The Hall–Kier alpha value is -2.57. The molecule has 0 N–H and O–H groups in total. The first-order valence-electron chi connectivity index (χ1n) is 9.95. The monoisotopic (exact) mass is 398 g/mol. The lowest BCUT2D eigenvalue weighted by atomic mass is 10.1. The van der Waals surface area contributed by atoms with Crippen molar-refractivity contribution < 1.29 is 19.0 Å². The second kappa shape index (κ2) is 10.3. The zero-order chi connectivity index (χ0) is 20.6. The maximum Gasteiger partial charge on any atom is 0.310 e. The molecule has 6 heteroatoms. The van der Waals surface area contributed by atoms with Crippen molar-refractivity contribution >= 4 is 5.97 Å². The van der Waals surface area contributed by atoms with Gasteiger partial charge in [0.1, 0.15) is 6.10 Å². The van der Waals surface area contributed by atoms with Crippen LogP contribution in [0.5, 0.6) is 11.5 Å². The van der Waals surface area contributed by atoms with Crippen molar-refractivity contribution in [2.45, 2.75) is 12.5 Å². The van der Waals surface area contributed by atoms with Crippen LogP contribution in [0.4, 0.5) is 0 Å². The molecule has 1 saturated heterocycles. The van der Waals surface area contributed by atoms with Gasteiger partial charge in [-0.2, -0.15) is 0 Å². The van der Waals surface area contributed by atoms with Crippen LogP contribution in [0.2, 0.25) is 0 Å². The average molecular weight is 399 g/mol. The van der Waals surface area contributed by atoms with E-state index in [1.165, 1.54) is 0 Å². The number of hydrogen-bond donors (Lipinski definition) is 0. The molecular weight excluding hydrogens is 368 g/mol. The van der Waals surface area contributed by atoms with E-state index in [2.05, 4.69) is 16.8 Å². The summed E-state index contributed by atoms with van der Waals surface area (Å²) in [7, 11) is 5.31. The van der Waals surface area contributed by atoms with Crippen molar-refractivity contribution in [2.75, 3.05) is 54.0 Å². The Morgan fingerprint density at radius 1 is 0.966 bits per heavy atom. The second-order valence-corrected chi connectivity index (χ2v) is 7.36. The second-order valence-electron chi connectivity index (χ2n) is 7.36. The Morgan fingerprint density at radius 2 is 1.66 bits per heavy atom. The van der Waals surface area contributed by atoms with E-state index in [-0.39, 0.29) is 18.5 Å². The summed E-state index contributed by atoms with van der Waals surface area (Å²) in [4.78, 5) is 17.4. The zero-order valence-corrected chi connectivity index (χ0v) is 17.5. The summed E-state index contributed by atoms with van der Waals surface area (Å²) in [6.45, 7) is 4.72. The highest BCUT2D eigenvalue weighted by molar-refractivity contribution is 5.73. The SMILES string of the molecule is COc1ccc(CC(=O)OC(CN2CCN(C)CC2)c2ccccc2)cc1OC. The molecule has 0 radical (unpaired) electrons. The minimum atomic E-state index is -0.285. The predicted molar refractivity (Wildman–Crippen MR) is 112 cm³/mol. The fourth-order valence-electron chi connectivity index (χ4n) is 3.50. The summed E-state index contributed by atoms with van der Waals surface area (Å²) in [5, 5.41) is 0. The molecule has 1 heterocycles. The third-order valence-corrected chi connectivity index (χ3v) is 5.26. The molecule has 1 atom stereocenters. The first kappa shape index (κ1) is 21.1. The standard InChI is InChI=1S/C23H30N2O4/c1-24-11-13-25(14-12-24)17-22(19-7-5-4-6-8-19)29-23(26)16-18-9-10-20(27-2)21(15-18)28-3/h4-10,15,22H,11-14,16-17H2,1-3H3. The molecule has 0 bridgehead atoms. The summed E-state index contributed by atoms with van der Waals surface area (Å²) in [5.74, 6) is 0.997. The molecule has 0 saturated carbocycles. The van der Waals surface area contributed by atoms with E-state index in [9.17, 15) is 4.79 Å². The molecule has 0 aromatic heterocycles. The Morgan fingerprint density at radius 3 is 2.31 bits per heavy atom. The Bertz CT molecular complexity index is 789. The summed E-state index contributed by atoms with van der Waals surface area (Å²) in [5.41, 5.74) is 1.85. The first-order chi connectivity index (χ1) is 14.1. The summed E-state index contributed by atoms with van der Waals surface area (Å²) < 4.78 is 16.5. The van der Waals surface area contributed by atoms with Gasteiger partial charge in [-0.1, -0.05) is 36.4 Å². The van der Waals surface area contributed by atoms with Gasteiger partial charge in [0.25, 0.3) is 0 Å². The maximum atomic E-state index is 12.7. The Kier molecular flexibility index (Phi) is 7.49. The number of esters is 1. The number of rotatable bonds is 8. The van der Waals surface area contributed by atoms with Gasteiger partial charge in [0, 0.05) is 32.7 Å². The highest BCUT2D eigenvalue weighted by Crippen LogP contribution is 2.28. The lowest BCUT2D eigenvalue weighted by Gasteiger charge is -2.34. The topological polar surface area (TPSA) is 51.2 Å². The molecule has 29 heavy (non-hydrogen) atoms. The maximum absolute atomic E-state index is 12.7. The van der Waals surface area contributed by atoms with E-state index >= 15 is 0 Å². The van der Waals surface area contributed by atoms with Crippen LogP contribution in [0.25, 0.3) is 0 Å². The molecule has 0 aliphatic carbocycles. The number of nitrogens with zero attached hydrogens (tertiary/aromatic N) is 2. The molecule has 1 aliphatic heterocycles. The van der Waals surface area contributed by atoms with Gasteiger partial charge in [0.05, 0.1) is 20.6 Å². The number of carbonyl (C=O) groups excluding carboxylic acids is 1. The summed E-state index contributed by atoms with van der Waals surface area (Å²) >= 11 is 0. The largest absolute Gasteiger partial charge is 0.493 e. The highest BCUT2D eigenvalue weighted by atomic mass is 16.5. The van der Waals surface area contributed by atoms with E-state index in [0.717, 1.165) is 37.3 Å². The van der Waals surface area contributed by atoms with Gasteiger partial charge < -0.3 is 19.1 Å². The van der Waals surface area contributed by atoms with Gasteiger partial charge in [-0.3, -0.25) is 9.69 Å². The van der Waals surface area contributed by atoms with Crippen molar-refractivity contribution in [1.29, 1.82) is 0 Å². The normalized spacial score (nSPS) is 16.2. The Balaban J connectivity index is 1.67. The number of methoxy groups -OCH3 is 2. The number of carbonyl (C=O) groups is 1. The lowest BCUT2D eigenvalue weighted by molar-refractivity contribution is -0.149. The summed E-state index contributed by atoms with van der Waals surface area (Å²) in [6.07, 6.45) is -0.0980. The lowest BCUT2D eigenvalue weighted by Crippen LogP contribution is -2.46. The molecule has 1 aliphatic rings. The van der Waals surface area contributed by atoms with Crippen LogP contribution in [-0.4, -0.2) is 69.8 Å². The van der Waals surface area contributed by atoms with E-state index in [0.29, 0.717) is 18.0 Å². The Labute approximate surface area is 173 Å². The number of ether oxygens (including phenoxy) is 3. The van der Waals surface area contributed by atoms with Crippen LogP contribution in [0.15, 0.2) is 48.5 Å². The molecule has 0 spiro atoms. The minimum absolute atomic E-state index is 0.187. The van der Waals surface area contributed by atoms with Crippen LogP contribution < -0.4 is 9.47 Å². The molecule has 3 rings (SSSR count). The molecular formula is C23H30N2O4. The van der Waals surface area contributed by atoms with Crippen LogP contribution >= 0.6 is 0 Å². The van der Waals surface area contributed by atoms with Gasteiger partial charge in [-0.25, -0.2) is 0 Å². The van der Waals surface area contributed by atoms with E-state index in [1.807, 2.05) is 42.5 Å². The van der Waals surface area contributed by atoms with Crippen molar-refractivity contribution in [3.63, 3.8) is 0 Å². The van der Waals surface area contributed by atoms with Gasteiger partial charge in [-0.05, 0) is 30.3 Å². The third-order valence-electron chi connectivity index (χ3n) is 5.26. The quantitative estimate of drug-likeness (QED) is 0.638. The molecule has 156 valence electrons. The number of benzene rings is 2. The van der Waals surface area contributed by atoms with Gasteiger partial charge >= 0.3 is 5.97 Å². The third kappa shape index (κ3) is 5.95. The first-order valence-corrected chi connectivity index (χ1v) is 9.95. The van der Waals surface area contributed by atoms with Gasteiger partial charge in [-0.15, -0.1) is 0 Å². The summed E-state index contributed by atoms with van der Waals surface area (Å²) in [6, 6.07) is 15.5. The fraction of sp³-hybridized carbons (Fsp3) is 0.435. The zero-order valence-electron chi connectivity index (χ0n) is 17.5. The molecule has 2 aromatic rings. The number of piperazine rings is 1. The van der Waals surface area contributed by atoms with Crippen LogP contribution in [-0.2, 0) is 16.0 Å². The van der Waals surface area contributed by atoms with Crippen molar-refractivity contribution in [2.24, 2.45) is 0 Å². The molecule has 0 amide bonds. The van der Waals surface area contributed by atoms with Crippen LogP contribution in [0.1, 0.15) is 17.2 Å². The number of likely N-dealkylation sites (N-methyl/N-ethyl adjacent to an activating group) is 1. The highest BCUT2D eigenvalue weighted by Gasteiger charge is 2.23. The fourth-order valence-corrected chi connectivity index (χ4v) is 3.50. The van der Waals surface area contributed by atoms with E-state index in [1.54, 1.807) is 20.3 Å². The molecule has 1 unspecified atom stereocenters. The molecule has 2 aromatic carbocycles. The van der Waals surface area contributed by atoms with Gasteiger partial charge in [0.15, 0.2) is 11.5 Å². The predicted octanol–water partition coefficient (Wildman–Crippen LogP) is 2.78. The smallest absolute Gasteiger partial charge is 0.310 e. The van der Waals surface area contributed by atoms with Crippen molar-refractivity contribution in [3.8, 4) is 11.5 Å². The van der Waals surface area contributed by atoms with Gasteiger partial charge in [0.2, 0.25) is 0 Å². The molecule has 6 nitrogen and oxygen atoms in total. The van der Waals surface area contributed by atoms with E-state index in [4.69, 9.17) is 14.2 Å². The van der Waals surface area contributed by atoms with Crippen molar-refractivity contribution in [3.05, 3.63) is 59.7 Å². The minimum Gasteiger partial charge on any atom is -0.493 e.